The van der Waals surface area contributed by atoms with Gasteiger partial charge in [0.1, 0.15) is 0 Å². The lowest BCUT2D eigenvalue weighted by Crippen LogP contribution is -2.42. The van der Waals surface area contributed by atoms with Gasteiger partial charge in [0.15, 0.2) is 9.84 Å². The maximum absolute atomic E-state index is 12.4. The minimum absolute atomic E-state index is 0.0259. The molecule has 1 aliphatic heterocycles. The van der Waals surface area contributed by atoms with Crippen LogP contribution in [0.15, 0.2) is 35.2 Å². The summed E-state index contributed by atoms with van der Waals surface area (Å²) < 4.78 is 30.2. The zero-order valence-electron chi connectivity index (χ0n) is 16.4. The summed E-state index contributed by atoms with van der Waals surface area (Å²) in [5.74, 6) is 0.248. The number of carbonyl (C=O) groups is 1. The SMILES string of the molecule is CC(C)OCCCNC(=O)C1CCN(CCS(=O)(=O)c2ccccc2)CC1. The van der Waals surface area contributed by atoms with Gasteiger partial charge in [0.2, 0.25) is 5.91 Å². The first-order valence-corrected chi connectivity index (χ1v) is 11.4. The topological polar surface area (TPSA) is 75.7 Å². The molecule has 2 rings (SSSR count). The summed E-state index contributed by atoms with van der Waals surface area (Å²) in [5.41, 5.74) is 0. The van der Waals surface area contributed by atoms with Crippen molar-refractivity contribution in [3.63, 3.8) is 0 Å². The molecular weight excluding hydrogens is 364 g/mol. The Morgan fingerprint density at radius 3 is 2.52 bits per heavy atom. The number of benzene rings is 1. The summed E-state index contributed by atoms with van der Waals surface area (Å²) in [6, 6.07) is 8.57. The molecule has 152 valence electrons. The van der Waals surface area contributed by atoms with Gasteiger partial charge < -0.3 is 15.0 Å². The highest BCUT2D eigenvalue weighted by atomic mass is 32.2. The van der Waals surface area contributed by atoms with Gasteiger partial charge in [-0.2, -0.15) is 0 Å². The highest BCUT2D eigenvalue weighted by Crippen LogP contribution is 2.18. The summed E-state index contributed by atoms with van der Waals surface area (Å²) in [7, 11) is -3.25. The molecule has 0 aromatic heterocycles. The molecular formula is C20H32N2O4S. The van der Waals surface area contributed by atoms with E-state index in [0.717, 1.165) is 32.4 Å². The van der Waals surface area contributed by atoms with Crippen LogP contribution in [0.2, 0.25) is 0 Å². The first-order chi connectivity index (χ1) is 12.9. The van der Waals surface area contributed by atoms with Crippen LogP contribution in [0.1, 0.15) is 33.1 Å². The van der Waals surface area contributed by atoms with Crippen LogP contribution in [0, 0.1) is 5.92 Å². The average molecular weight is 397 g/mol. The van der Waals surface area contributed by atoms with Crippen molar-refractivity contribution in [3.05, 3.63) is 30.3 Å². The lowest BCUT2D eigenvalue weighted by molar-refractivity contribution is -0.126. The standard InChI is InChI=1S/C20H32N2O4S/c1-17(2)26-15-6-11-21-20(23)18-9-12-22(13-10-18)14-16-27(24,25)19-7-4-3-5-8-19/h3-5,7-8,17-18H,6,9-16H2,1-2H3,(H,21,23). The molecule has 0 bridgehead atoms. The first-order valence-electron chi connectivity index (χ1n) is 9.78. The van der Waals surface area contributed by atoms with Crippen molar-refractivity contribution in [1.82, 2.24) is 10.2 Å². The first kappa shape index (κ1) is 21.9. The van der Waals surface area contributed by atoms with E-state index < -0.39 is 9.84 Å². The third-order valence-corrected chi connectivity index (χ3v) is 6.52. The quantitative estimate of drug-likeness (QED) is 0.613. The average Bonchev–Trinajstić information content (AvgIpc) is 2.67. The molecule has 1 aromatic rings. The van der Waals surface area contributed by atoms with Crippen molar-refractivity contribution in [1.29, 1.82) is 0 Å². The summed E-state index contributed by atoms with van der Waals surface area (Å²) in [5, 5.41) is 2.99. The lowest BCUT2D eigenvalue weighted by atomic mass is 9.96. The molecule has 0 saturated carbocycles. The number of hydrogen-bond donors (Lipinski definition) is 1. The molecule has 1 saturated heterocycles. The maximum Gasteiger partial charge on any atom is 0.223 e. The molecule has 0 unspecified atom stereocenters. The van der Waals surface area contributed by atoms with Gasteiger partial charge >= 0.3 is 0 Å². The highest BCUT2D eigenvalue weighted by molar-refractivity contribution is 7.91. The number of nitrogens with one attached hydrogen (secondary N) is 1. The summed E-state index contributed by atoms with van der Waals surface area (Å²) >= 11 is 0. The Kier molecular flexibility index (Phi) is 8.73. The second kappa shape index (κ2) is 10.8. The fourth-order valence-corrected chi connectivity index (χ4v) is 4.47. The Morgan fingerprint density at radius 1 is 1.22 bits per heavy atom. The Morgan fingerprint density at radius 2 is 1.89 bits per heavy atom. The van der Waals surface area contributed by atoms with E-state index >= 15 is 0 Å². The molecule has 1 amide bonds. The zero-order valence-corrected chi connectivity index (χ0v) is 17.2. The predicted molar refractivity (Wildman–Crippen MR) is 106 cm³/mol. The Balaban J connectivity index is 1.65. The van der Waals surface area contributed by atoms with E-state index in [1.807, 2.05) is 19.9 Å². The van der Waals surface area contributed by atoms with Crippen molar-refractivity contribution in [2.24, 2.45) is 5.92 Å². The number of ether oxygens (including phenoxy) is 1. The van der Waals surface area contributed by atoms with Crippen LogP contribution in [0.5, 0.6) is 0 Å². The minimum atomic E-state index is -3.25. The van der Waals surface area contributed by atoms with Gasteiger partial charge in [-0.1, -0.05) is 18.2 Å². The van der Waals surface area contributed by atoms with Crippen molar-refractivity contribution < 1.29 is 17.9 Å². The Labute approximate surface area is 163 Å². The van der Waals surface area contributed by atoms with Gasteiger partial charge in [-0.3, -0.25) is 4.79 Å². The van der Waals surface area contributed by atoms with Crippen LogP contribution >= 0.6 is 0 Å². The number of piperidine rings is 1. The van der Waals surface area contributed by atoms with Gasteiger partial charge in [-0.25, -0.2) is 8.42 Å². The highest BCUT2D eigenvalue weighted by Gasteiger charge is 2.25. The number of likely N-dealkylation sites (tertiary alicyclic amines) is 1. The van der Waals surface area contributed by atoms with E-state index in [0.29, 0.717) is 24.6 Å². The Hall–Kier alpha value is -1.44. The smallest absolute Gasteiger partial charge is 0.223 e. The third kappa shape index (κ3) is 7.60. The molecule has 0 radical (unpaired) electrons. The molecule has 1 aromatic carbocycles. The van der Waals surface area contributed by atoms with Gasteiger partial charge in [-0.15, -0.1) is 0 Å². The predicted octanol–water partition coefficient (Wildman–Crippen LogP) is 2.10. The summed E-state index contributed by atoms with van der Waals surface area (Å²) in [6.07, 6.45) is 2.59. The zero-order chi connectivity index (χ0) is 19.7. The second-order valence-electron chi connectivity index (χ2n) is 7.31. The minimum Gasteiger partial charge on any atom is -0.379 e. The van der Waals surface area contributed by atoms with E-state index in [2.05, 4.69) is 10.2 Å². The lowest BCUT2D eigenvalue weighted by Gasteiger charge is -2.31. The number of hydrogen-bond acceptors (Lipinski definition) is 5. The molecule has 0 aliphatic carbocycles. The van der Waals surface area contributed by atoms with Crippen LogP contribution in [-0.2, 0) is 19.4 Å². The molecule has 1 N–H and O–H groups in total. The molecule has 0 spiro atoms. The molecule has 6 nitrogen and oxygen atoms in total. The van der Waals surface area contributed by atoms with Crippen LogP contribution in [0.25, 0.3) is 0 Å². The number of sulfone groups is 1. The van der Waals surface area contributed by atoms with Crippen molar-refractivity contribution >= 4 is 15.7 Å². The molecule has 27 heavy (non-hydrogen) atoms. The number of carbonyl (C=O) groups excluding carboxylic acids is 1. The van der Waals surface area contributed by atoms with E-state index in [-0.39, 0.29) is 23.7 Å². The fourth-order valence-electron chi connectivity index (χ4n) is 3.16. The van der Waals surface area contributed by atoms with E-state index in [4.69, 9.17) is 4.74 Å². The van der Waals surface area contributed by atoms with Crippen LogP contribution in [0.3, 0.4) is 0 Å². The van der Waals surface area contributed by atoms with E-state index in [1.165, 1.54) is 0 Å². The number of rotatable bonds is 10. The molecule has 7 heteroatoms. The number of amides is 1. The van der Waals surface area contributed by atoms with Crippen LogP contribution < -0.4 is 5.32 Å². The van der Waals surface area contributed by atoms with Gasteiger partial charge in [0.25, 0.3) is 0 Å². The van der Waals surface area contributed by atoms with E-state index in [9.17, 15) is 13.2 Å². The third-order valence-electron chi connectivity index (χ3n) is 4.81. The van der Waals surface area contributed by atoms with Gasteiger partial charge in [-0.05, 0) is 58.3 Å². The van der Waals surface area contributed by atoms with Gasteiger partial charge in [0.05, 0.1) is 16.8 Å². The maximum atomic E-state index is 12.4. The summed E-state index contributed by atoms with van der Waals surface area (Å²) in [6.45, 7) is 7.33. The van der Waals surface area contributed by atoms with Crippen LogP contribution in [0.4, 0.5) is 0 Å². The van der Waals surface area contributed by atoms with Crippen molar-refractivity contribution in [3.8, 4) is 0 Å². The second-order valence-corrected chi connectivity index (χ2v) is 9.42. The largest absolute Gasteiger partial charge is 0.379 e. The molecule has 0 atom stereocenters. The van der Waals surface area contributed by atoms with E-state index in [1.54, 1.807) is 24.3 Å². The normalized spacial score (nSPS) is 16.6. The Bertz CT molecular complexity index is 668. The fraction of sp³-hybridized carbons (Fsp3) is 0.650. The number of nitrogens with zero attached hydrogens (tertiary/aromatic N) is 1. The molecule has 1 fully saturated rings. The monoisotopic (exact) mass is 396 g/mol. The summed E-state index contributed by atoms with van der Waals surface area (Å²) in [4.78, 5) is 14.8. The van der Waals surface area contributed by atoms with Crippen LogP contribution in [-0.4, -0.2) is 63.9 Å². The van der Waals surface area contributed by atoms with Crippen molar-refractivity contribution in [2.45, 2.75) is 44.1 Å². The molecule has 1 heterocycles. The van der Waals surface area contributed by atoms with Gasteiger partial charge in [0, 0.05) is 25.6 Å². The van der Waals surface area contributed by atoms with Crippen molar-refractivity contribution in [2.75, 3.05) is 38.5 Å². The molecule has 1 aliphatic rings.